The molecular weight excluding hydrogens is 254 g/mol. The molecule has 0 unspecified atom stereocenters. The summed E-state index contributed by atoms with van der Waals surface area (Å²) in [5.41, 5.74) is 0.481. The first-order valence-electron chi connectivity index (χ1n) is 5.00. The number of hydrogen-bond acceptors (Lipinski definition) is 4. The molecule has 0 aromatic heterocycles. The maximum Gasteiger partial charge on any atom is 0.238 e. The Hall–Kier alpha value is -1.88. The zero-order chi connectivity index (χ0) is 13.6. The predicted octanol–water partition coefficient (Wildman–Crippen LogP) is -0.505. The number of primary sulfonamides is 1. The van der Waals surface area contributed by atoms with Crippen LogP contribution in [0.15, 0.2) is 29.2 Å². The molecule has 0 bridgehead atoms. The molecule has 0 aliphatic heterocycles. The first-order valence-corrected chi connectivity index (χ1v) is 6.55. The van der Waals surface area contributed by atoms with Crippen LogP contribution in [0.5, 0.6) is 0 Å². The van der Waals surface area contributed by atoms with E-state index in [1.165, 1.54) is 24.3 Å². The maximum atomic E-state index is 11.4. The van der Waals surface area contributed by atoms with E-state index >= 15 is 0 Å². The van der Waals surface area contributed by atoms with Crippen LogP contribution < -0.4 is 15.8 Å². The van der Waals surface area contributed by atoms with Gasteiger partial charge in [0.15, 0.2) is 0 Å². The summed E-state index contributed by atoms with van der Waals surface area (Å²) in [4.78, 5) is 11.4. The van der Waals surface area contributed by atoms with E-state index in [0.717, 1.165) is 0 Å². The maximum absolute atomic E-state index is 11.4. The lowest BCUT2D eigenvalue weighted by molar-refractivity contribution is -0.115. The van der Waals surface area contributed by atoms with Gasteiger partial charge in [-0.05, 0) is 24.3 Å². The Morgan fingerprint density at radius 2 is 1.94 bits per heavy atom. The van der Waals surface area contributed by atoms with E-state index in [9.17, 15) is 13.2 Å². The van der Waals surface area contributed by atoms with Crippen LogP contribution in [0, 0.1) is 12.3 Å². The average Bonchev–Trinajstić information content (AvgIpc) is 2.29. The van der Waals surface area contributed by atoms with Crippen LogP contribution in [0.1, 0.15) is 0 Å². The molecule has 1 aromatic carbocycles. The fourth-order valence-electron chi connectivity index (χ4n) is 1.18. The number of sulfonamides is 1. The van der Waals surface area contributed by atoms with E-state index in [-0.39, 0.29) is 17.3 Å². The lowest BCUT2D eigenvalue weighted by atomic mass is 10.3. The molecule has 1 rings (SSSR count). The molecule has 0 saturated carbocycles. The quantitative estimate of drug-likeness (QED) is 0.494. The topological polar surface area (TPSA) is 101 Å². The van der Waals surface area contributed by atoms with E-state index in [2.05, 4.69) is 16.6 Å². The number of nitrogens with one attached hydrogen (secondary N) is 2. The van der Waals surface area contributed by atoms with Crippen molar-refractivity contribution in [2.24, 2.45) is 5.14 Å². The van der Waals surface area contributed by atoms with Gasteiger partial charge in [0.05, 0.1) is 18.0 Å². The minimum absolute atomic E-state index is 0.00837. The summed E-state index contributed by atoms with van der Waals surface area (Å²) >= 11 is 0. The lowest BCUT2D eigenvalue weighted by Crippen LogP contribution is -2.28. The molecule has 4 N–H and O–H groups in total. The van der Waals surface area contributed by atoms with Crippen molar-refractivity contribution in [3.8, 4) is 12.3 Å². The first kappa shape index (κ1) is 14.2. The highest BCUT2D eigenvalue weighted by Crippen LogP contribution is 2.12. The Bertz CT molecular complexity index is 558. The number of rotatable bonds is 5. The van der Waals surface area contributed by atoms with Gasteiger partial charge in [0, 0.05) is 5.69 Å². The van der Waals surface area contributed by atoms with Crippen molar-refractivity contribution in [2.45, 2.75) is 4.90 Å². The highest BCUT2D eigenvalue weighted by molar-refractivity contribution is 7.89. The summed E-state index contributed by atoms with van der Waals surface area (Å²) in [6.07, 6.45) is 5.01. The zero-order valence-electron chi connectivity index (χ0n) is 9.51. The van der Waals surface area contributed by atoms with Gasteiger partial charge in [0.1, 0.15) is 0 Å². The summed E-state index contributed by atoms with van der Waals surface area (Å²) in [5.74, 6) is 2.07. The Balaban J connectivity index is 2.59. The van der Waals surface area contributed by atoms with E-state index in [4.69, 9.17) is 11.6 Å². The molecule has 0 atom stereocenters. The number of nitrogens with two attached hydrogens (primary N) is 1. The average molecular weight is 267 g/mol. The second-order valence-corrected chi connectivity index (χ2v) is 4.99. The fourth-order valence-corrected chi connectivity index (χ4v) is 1.70. The number of anilines is 1. The molecule has 96 valence electrons. The van der Waals surface area contributed by atoms with Crippen LogP contribution in [0.4, 0.5) is 5.69 Å². The highest BCUT2D eigenvalue weighted by atomic mass is 32.2. The highest BCUT2D eigenvalue weighted by Gasteiger charge is 2.07. The minimum Gasteiger partial charge on any atom is -0.325 e. The van der Waals surface area contributed by atoms with E-state index in [1.54, 1.807) is 0 Å². The summed E-state index contributed by atoms with van der Waals surface area (Å²) in [6.45, 7) is 0.388. The van der Waals surface area contributed by atoms with E-state index in [0.29, 0.717) is 12.2 Å². The van der Waals surface area contributed by atoms with Crippen LogP contribution >= 0.6 is 0 Å². The number of carbonyl (C=O) groups excluding carboxylic acids is 1. The molecule has 0 aliphatic rings. The molecule has 1 aromatic rings. The van der Waals surface area contributed by atoms with Gasteiger partial charge in [-0.2, -0.15) is 0 Å². The molecule has 0 radical (unpaired) electrons. The Morgan fingerprint density at radius 3 is 2.44 bits per heavy atom. The normalized spacial score (nSPS) is 10.7. The van der Waals surface area contributed by atoms with Gasteiger partial charge in [0.2, 0.25) is 15.9 Å². The number of terminal acetylenes is 1. The summed E-state index contributed by atoms with van der Waals surface area (Å²) in [6, 6.07) is 5.55. The van der Waals surface area contributed by atoms with Gasteiger partial charge in [-0.1, -0.05) is 5.92 Å². The third-order valence-electron chi connectivity index (χ3n) is 1.98. The van der Waals surface area contributed by atoms with Crippen LogP contribution in [-0.2, 0) is 14.8 Å². The number of carbonyl (C=O) groups is 1. The first-order chi connectivity index (χ1) is 8.43. The minimum atomic E-state index is -3.71. The molecule has 0 spiro atoms. The molecule has 18 heavy (non-hydrogen) atoms. The van der Waals surface area contributed by atoms with E-state index in [1.807, 2.05) is 0 Å². The van der Waals surface area contributed by atoms with Crippen LogP contribution in [0.25, 0.3) is 0 Å². The second-order valence-electron chi connectivity index (χ2n) is 3.43. The third-order valence-corrected chi connectivity index (χ3v) is 2.91. The molecule has 1 amide bonds. The molecule has 0 fully saturated rings. The van der Waals surface area contributed by atoms with E-state index < -0.39 is 10.0 Å². The predicted molar refractivity (Wildman–Crippen MR) is 68.1 cm³/mol. The Labute approximate surface area is 106 Å². The van der Waals surface area contributed by atoms with Gasteiger partial charge < -0.3 is 5.32 Å². The molecule has 0 heterocycles. The molecule has 0 saturated heterocycles. The van der Waals surface area contributed by atoms with Gasteiger partial charge in [-0.15, -0.1) is 6.42 Å². The van der Waals surface area contributed by atoms with Crippen LogP contribution in [0.2, 0.25) is 0 Å². The van der Waals surface area contributed by atoms with Crippen LogP contribution in [0.3, 0.4) is 0 Å². The number of benzene rings is 1. The zero-order valence-corrected chi connectivity index (χ0v) is 10.3. The summed E-state index contributed by atoms with van der Waals surface area (Å²) in [7, 11) is -3.71. The molecule has 0 aliphatic carbocycles. The number of amides is 1. The van der Waals surface area contributed by atoms with Crippen molar-refractivity contribution in [1.82, 2.24) is 5.32 Å². The third kappa shape index (κ3) is 4.55. The Morgan fingerprint density at radius 1 is 1.33 bits per heavy atom. The summed E-state index contributed by atoms with van der Waals surface area (Å²) in [5, 5.41) is 10.2. The van der Waals surface area contributed by atoms with Crippen molar-refractivity contribution < 1.29 is 13.2 Å². The van der Waals surface area contributed by atoms with Crippen molar-refractivity contribution in [2.75, 3.05) is 18.4 Å². The van der Waals surface area contributed by atoms with Crippen molar-refractivity contribution in [1.29, 1.82) is 0 Å². The molecule has 7 heteroatoms. The number of hydrogen-bond donors (Lipinski definition) is 3. The van der Waals surface area contributed by atoms with Gasteiger partial charge in [-0.25, -0.2) is 13.6 Å². The Kier molecular flexibility index (Phi) is 4.85. The van der Waals surface area contributed by atoms with Gasteiger partial charge in [0.25, 0.3) is 0 Å². The van der Waals surface area contributed by atoms with Crippen LogP contribution in [-0.4, -0.2) is 27.4 Å². The fraction of sp³-hybridized carbons (Fsp3) is 0.182. The second kappa shape index (κ2) is 6.16. The van der Waals surface area contributed by atoms with Crippen molar-refractivity contribution >= 4 is 21.6 Å². The largest absolute Gasteiger partial charge is 0.325 e. The monoisotopic (exact) mass is 267 g/mol. The smallest absolute Gasteiger partial charge is 0.238 e. The lowest BCUT2D eigenvalue weighted by Gasteiger charge is -2.05. The van der Waals surface area contributed by atoms with Crippen molar-refractivity contribution in [3.63, 3.8) is 0 Å². The summed E-state index contributed by atoms with van der Waals surface area (Å²) < 4.78 is 22.0. The van der Waals surface area contributed by atoms with Gasteiger partial charge >= 0.3 is 0 Å². The molecular formula is C11H13N3O3S. The van der Waals surface area contributed by atoms with Gasteiger partial charge in [-0.3, -0.25) is 10.1 Å². The molecule has 6 nitrogen and oxygen atoms in total. The SMILES string of the molecule is C#CCNCC(=O)Nc1ccc(S(N)(=O)=O)cc1. The van der Waals surface area contributed by atoms with Crippen molar-refractivity contribution in [3.05, 3.63) is 24.3 Å². The standard InChI is InChI=1S/C11H13N3O3S/c1-2-7-13-8-11(15)14-9-3-5-10(6-4-9)18(12,16)17/h1,3-6,13H,7-8H2,(H,14,15)(H2,12,16,17).